The number of carbonyl (C=O) groups is 1. The second kappa shape index (κ2) is 9.45. The maximum atomic E-state index is 12.6. The summed E-state index contributed by atoms with van der Waals surface area (Å²) < 4.78 is 10.7. The van der Waals surface area contributed by atoms with E-state index in [1.807, 2.05) is 6.07 Å². The monoisotopic (exact) mass is 374 g/mol. The molecule has 0 unspecified atom stereocenters. The van der Waals surface area contributed by atoms with Crippen molar-refractivity contribution in [3.8, 4) is 11.5 Å². The lowest BCUT2D eigenvalue weighted by Crippen LogP contribution is -2.40. The maximum Gasteiger partial charge on any atom is 0.222 e. The van der Waals surface area contributed by atoms with Crippen LogP contribution < -0.4 is 15.2 Å². The predicted molar refractivity (Wildman–Crippen MR) is 107 cm³/mol. The minimum absolute atomic E-state index is 0.228. The van der Waals surface area contributed by atoms with Crippen LogP contribution in [0, 0.1) is 11.8 Å². The molecule has 2 fully saturated rings. The molecule has 0 radical (unpaired) electrons. The molecule has 150 valence electrons. The third kappa shape index (κ3) is 5.38. The molecule has 1 aromatic rings. The average Bonchev–Trinajstić information content (AvgIpc) is 3.10. The largest absolute Gasteiger partial charge is 0.497 e. The van der Waals surface area contributed by atoms with E-state index in [0.717, 1.165) is 63.1 Å². The molecule has 0 aromatic heterocycles. The van der Waals surface area contributed by atoms with Gasteiger partial charge in [-0.3, -0.25) is 4.79 Å². The van der Waals surface area contributed by atoms with Crippen LogP contribution in [0.5, 0.6) is 11.5 Å². The number of piperidine rings is 1. The molecule has 3 rings (SSSR count). The summed E-state index contributed by atoms with van der Waals surface area (Å²) in [5.41, 5.74) is 7.38. The average molecular weight is 375 g/mol. The highest BCUT2D eigenvalue weighted by Crippen LogP contribution is 2.30. The van der Waals surface area contributed by atoms with E-state index in [-0.39, 0.29) is 6.04 Å². The van der Waals surface area contributed by atoms with E-state index < -0.39 is 0 Å². The van der Waals surface area contributed by atoms with Crippen molar-refractivity contribution in [2.24, 2.45) is 17.6 Å². The zero-order valence-corrected chi connectivity index (χ0v) is 16.8. The summed E-state index contributed by atoms with van der Waals surface area (Å²) in [5, 5.41) is 0. The van der Waals surface area contributed by atoms with Gasteiger partial charge in [-0.2, -0.15) is 0 Å². The van der Waals surface area contributed by atoms with Gasteiger partial charge in [0.2, 0.25) is 5.91 Å². The van der Waals surface area contributed by atoms with Crippen LogP contribution in [-0.4, -0.2) is 44.2 Å². The summed E-state index contributed by atoms with van der Waals surface area (Å²) in [7, 11) is 3.37. The molecule has 0 bridgehead atoms. The van der Waals surface area contributed by atoms with Gasteiger partial charge in [-0.1, -0.05) is 6.42 Å². The molecule has 1 aliphatic heterocycles. The number of likely N-dealkylation sites (tertiary alicyclic amines) is 1. The van der Waals surface area contributed by atoms with Gasteiger partial charge in [0.15, 0.2) is 0 Å². The Kier molecular flexibility index (Phi) is 7.00. The molecular formula is C22H34N2O3. The van der Waals surface area contributed by atoms with Gasteiger partial charge in [0.05, 0.1) is 14.2 Å². The zero-order valence-electron chi connectivity index (χ0n) is 16.8. The van der Waals surface area contributed by atoms with E-state index in [9.17, 15) is 4.79 Å². The first kappa shape index (κ1) is 20.0. The van der Waals surface area contributed by atoms with Crippen molar-refractivity contribution in [1.29, 1.82) is 0 Å². The Hall–Kier alpha value is -1.75. The number of hydrogen-bond donors (Lipinski definition) is 1. The van der Waals surface area contributed by atoms with Gasteiger partial charge in [0, 0.05) is 31.6 Å². The number of ether oxygens (including phenoxy) is 2. The number of methoxy groups -OCH3 is 2. The van der Waals surface area contributed by atoms with Crippen LogP contribution in [0.15, 0.2) is 18.2 Å². The quantitative estimate of drug-likeness (QED) is 0.794. The fourth-order valence-corrected chi connectivity index (χ4v) is 4.52. The van der Waals surface area contributed by atoms with Crippen molar-refractivity contribution < 1.29 is 14.3 Å². The smallest absolute Gasteiger partial charge is 0.222 e. The lowest BCUT2D eigenvalue weighted by molar-refractivity contribution is -0.133. The number of hydrogen-bond acceptors (Lipinski definition) is 4. The van der Waals surface area contributed by atoms with Crippen molar-refractivity contribution >= 4 is 5.91 Å². The first-order chi connectivity index (χ1) is 13.1. The van der Waals surface area contributed by atoms with Gasteiger partial charge in [-0.25, -0.2) is 0 Å². The molecule has 2 aliphatic rings. The molecular weight excluding hydrogens is 340 g/mol. The summed E-state index contributed by atoms with van der Waals surface area (Å²) in [5.74, 6) is 3.08. The molecule has 1 amide bonds. The Balaban J connectivity index is 1.43. The van der Waals surface area contributed by atoms with Gasteiger partial charge in [0.1, 0.15) is 11.5 Å². The first-order valence-corrected chi connectivity index (χ1v) is 10.3. The molecule has 1 saturated heterocycles. The minimum Gasteiger partial charge on any atom is -0.497 e. The summed E-state index contributed by atoms with van der Waals surface area (Å²) in [4.78, 5) is 14.6. The Bertz CT molecular complexity index is 604. The van der Waals surface area contributed by atoms with Crippen LogP contribution >= 0.6 is 0 Å². The van der Waals surface area contributed by atoms with Crippen molar-refractivity contribution in [3.05, 3.63) is 23.8 Å². The van der Waals surface area contributed by atoms with Crippen molar-refractivity contribution in [1.82, 2.24) is 4.90 Å². The SMILES string of the molecule is COc1cc(CCC2CCN(C(=O)C[C@@H]3CCC[C@H]3N)CC2)cc(OC)c1. The second-order valence-electron chi connectivity index (χ2n) is 8.14. The van der Waals surface area contributed by atoms with E-state index in [0.29, 0.717) is 24.2 Å². The number of rotatable bonds is 7. The van der Waals surface area contributed by atoms with Crippen LogP contribution in [0.3, 0.4) is 0 Å². The molecule has 1 heterocycles. The van der Waals surface area contributed by atoms with Crippen molar-refractivity contribution in [2.75, 3.05) is 27.3 Å². The number of nitrogens with two attached hydrogens (primary N) is 1. The van der Waals surface area contributed by atoms with E-state index in [1.54, 1.807) is 14.2 Å². The number of carbonyl (C=O) groups excluding carboxylic acids is 1. The number of amides is 1. The highest BCUT2D eigenvalue weighted by Gasteiger charge is 2.29. The molecule has 1 aliphatic carbocycles. The lowest BCUT2D eigenvalue weighted by Gasteiger charge is -2.33. The molecule has 27 heavy (non-hydrogen) atoms. The number of nitrogens with zero attached hydrogens (tertiary/aromatic N) is 1. The number of benzene rings is 1. The summed E-state index contributed by atoms with van der Waals surface area (Å²) in [6.45, 7) is 1.79. The topological polar surface area (TPSA) is 64.8 Å². The fraction of sp³-hybridized carbons (Fsp3) is 0.682. The first-order valence-electron chi connectivity index (χ1n) is 10.3. The highest BCUT2D eigenvalue weighted by molar-refractivity contribution is 5.76. The lowest BCUT2D eigenvalue weighted by atomic mass is 9.90. The summed E-state index contributed by atoms with van der Waals surface area (Å²) in [6.07, 6.45) is 8.39. The predicted octanol–water partition coefficient (Wildman–Crippen LogP) is 3.39. The Labute approximate surface area is 163 Å². The normalized spacial score (nSPS) is 23.4. The Morgan fingerprint density at radius 2 is 1.74 bits per heavy atom. The van der Waals surface area contributed by atoms with E-state index in [1.165, 1.54) is 12.0 Å². The molecule has 5 nitrogen and oxygen atoms in total. The third-order valence-corrected chi connectivity index (χ3v) is 6.37. The highest BCUT2D eigenvalue weighted by atomic mass is 16.5. The van der Waals surface area contributed by atoms with Gasteiger partial charge < -0.3 is 20.1 Å². The fourth-order valence-electron chi connectivity index (χ4n) is 4.52. The summed E-state index contributed by atoms with van der Waals surface area (Å²) >= 11 is 0. The third-order valence-electron chi connectivity index (χ3n) is 6.37. The molecule has 1 saturated carbocycles. The molecule has 0 spiro atoms. The van der Waals surface area contributed by atoms with E-state index >= 15 is 0 Å². The molecule has 2 N–H and O–H groups in total. The standard InChI is InChI=1S/C22H34N2O3/c1-26-19-12-17(13-20(15-19)27-2)7-6-16-8-10-24(11-9-16)22(25)14-18-4-3-5-21(18)23/h12-13,15-16,18,21H,3-11,14,23H2,1-2H3/t18-,21+/m0/s1. The molecule has 2 atom stereocenters. The minimum atomic E-state index is 0.228. The Morgan fingerprint density at radius 3 is 2.30 bits per heavy atom. The summed E-state index contributed by atoms with van der Waals surface area (Å²) in [6, 6.07) is 6.31. The Morgan fingerprint density at radius 1 is 1.07 bits per heavy atom. The van der Waals surface area contributed by atoms with Gasteiger partial charge in [-0.15, -0.1) is 0 Å². The van der Waals surface area contributed by atoms with E-state index in [4.69, 9.17) is 15.2 Å². The van der Waals surface area contributed by atoms with Gasteiger partial charge in [-0.05, 0) is 68.1 Å². The van der Waals surface area contributed by atoms with Crippen molar-refractivity contribution in [2.45, 2.75) is 57.4 Å². The van der Waals surface area contributed by atoms with E-state index in [2.05, 4.69) is 17.0 Å². The van der Waals surface area contributed by atoms with Crippen LogP contribution in [0.25, 0.3) is 0 Å². The second-order valence-corrected chi connectivity index (χ2v) is 8.14. The van der Waals surface area contributed by atoms with Crippen LogP contribution in [0.4, 0.5) is 0 Å². The van der Waals surface area contributed by atoms with Crippen LogP contribution in [0.2, 0.25) is 0 Å². The zero-order chi connectivity index (χ0) is 19.2. The maximum absolute atomic E-state index is 12.6. The van der Waals surface area contributed by atoms with Gasteiger partial charge >= 0.3 is 0 Å². The number of aryl methyl sites for hydroxylation is 1. The van der Waals surface area contributed by atoms with Crippen LogP contribution in [-0.2, 0) is 11.2 Å². The van der Waals surface area contributed by atoms with Crippen molar-refractivity contribution in [3.63, 3.8) is 0 Å². The van der Waals surface area contributed by atoms with Gasteiger partial charge in [0.25, 0.3) is 0 Å². The molecule has 5 heteroatoms. The van der Waals surface area contributed by atoms with Crippen LogP contribution in [0.1, 0.15) is 50.5 Å². The molecule has 1 aromatic carbocycles.